The minimum atomic E-state index is 0.936. The van der Waals surface area contributed by atoms with Gasteiger partial charge in [0.2, 0.25) is 0 Å². The first-order valence-electron chi connectivity index (χ1n) is 6.60. The third-order valence-electron chi connectivity index (χ3n) is 3.88. The third-order valence-corrected chi connectivity index (χ3v) is 4.90. The molecule has 1 aliphatic carbocycles. The molecule has 102 valence electrons. The normalized spacial score (nSPS) is 13.1. The van der Waals surface area contributed by atoms with Gasteiger partial charge in [-0.05, 0) is 65.3 Å². The second-order valence-electron chi connectivity index (χ2n) is 5.09. The average Bonchev–Trinajstić information content (AvgIpc) is 2.83. The smallest absolute Gasteiger partial charge is 0.122 e. The molecule has 0 aliphatic heterocycles. The molecule has 1 aliphatic rings. The van der Waals surface area contributed by atoms with Gasteiger partial charge in [0.05, 0.1) is 12.8 Å². The van der Waals surface area contributed by atoms with E-state index in [0.29, 0.717) is 0 Å². The Labute approximate surface area is 133 Å². The largest absolute Gasteiger partial charge is 0.496 e. The molecule has 2 aromatic rings. The fourth-order valence-electron chi connectivity index (χ4n) is 2.52. The van der Waals surface area contributed by atoms with E-state index in [1.54, 1.807) is 7.11 Å². The number of allylic oxidation sites excluding steroid dienone is 1. The molecular weight excluding hydrogens is 361 g/mol. The fourth-order valence-corrected chi connectivity index (χ4v) is 3.21. The Kier molecular flexibility index (Phi) is 3.54. The first-order chi connectivity index (χ1) is 9.60. The summed E-state index contributed by atoms with van der Waals surface area (Å²) in [5.41, 5.74) is 7.19. The van der Waals surface area contributed by atoms with Gasteiger partial charge in [-0.25, -0.2) is 0 Å². The van der Waals surface area contributed by atoms with E-state index in [1.807, 2.05) is 6.20 Å². The van der Waals surface area contributed by atoms with Gasteiger partial charge in [-0.2, -0.15) is 0 Å². The number of hydrogen-bond acceptors (Lipinski definition) is 2. The molecule has 0 saturated carbocycles. The summed E-state index contributed by atoms with van der Waals surface area (Å²) >= 11 is 2.38. The molecule has 0 bridgehead atoms. The highest BCUT2D eigenvalue weighted by molar-refractivity contribution is 14.1. The molecule has 0 fully saturated rings. The predicted molar refractivity (Wildman–Crippen MR) is 91.4 cm³/mol. The van der Waals surface area contributed by atoms with Crippen LogP contribution in [0.25, 0.3) is 14.7 Å². The van der Waals surface area contributed by atoms with Crippen LogP contribution in [-0.2, 0) is 6.42 Å². The molecule has 1 heterocycles. The lowest BCUT2D eigenvalue weighted by Crippen LogP contribution is -1.94. The number of ether oxygens (including phenoxy) is 1. The lowest BCUT2D eigenvalue weighted by Gasteiger charge is -2.12. The summed E-state index contributed by atoms with van der Waals surface area (Å²) < 4.78 is 6.76. The van der Waals surface area contributed by atoms with Gasteiger partial charge < -0.3 is 4.74 Å². The molecule has 0 spiro atoms. The molecule has 0 saturated heterocycles. The summed E-state index contributed by atoms with van der Waals surface area (Å²) in [4.78, 5) is 4.60. The van der Waals surface area contributed by atoms with Crippen molar-refractivity contribution in [1.82, 2.24) is 4.98 Å². The van der Waals surface area contributed by atoms with Crippen LogP contribution in [0.1, 0.15) is 22.4 Å². The summed E-state index contributed by atoms with van der Waals surface area (Å²) in [5, 5.41) is 0. The maximum atomic E-state index is 5.47. The maximum Gasteiger partial charge on any atom is 0.122 e. The van der Waals surface area contributed by atoms with E-state index in [1.165, 1.54) is 26.0 Å². The summed E-state index contributed by atoms with van der Waals surface area (Å²) in [6, 6.07) is 6.53. The lowest BCUT2D eigenvalue weighted by molar-refractivity contribution is 0.411. The van der Waals surface area contributed by atoms with Crippen molar-refractivity contribution >= 4 is 26.2 Å². The second-order valence-corrected chi connectivity index (χ2v) is 6.26. The number of hydrogen-bond donors (Lipinski definition) is 0. The number of halogens is 1. The van der Waals surface area contributed by atoms with Crippen molar-refractivity contribution in [2.24, 2.45) is 0 Å². The van der Waals surface area contributed by atoms with Crippen molar-refractivity contribution in [1.29, 1.82) is 0 Å². The van der Waals surface area contributed by atoms with Gasteiger partial charge in [-0.3, -0.25) is 4.98 Å². The van der Waals surface area contributed by atoms with Crippen molar-refractivity contribution in [3.05, 3.63) is 52.9 Å². The number of nitrogens with zero attached hydrogens (tertiary/aromatic N) is 1. The summed E-state index contributed by atoms with van der Waals surface area (Å²) in [6.07, 6.45) is 5.14. The monoisotopic (exact) mass is 377 g/mol. The minimum Gasteiger partial charge on any atom is -0.496 e. The van der Waals surface area contributed by atoms with Gasteiger partial charge in [-0.1, -0.05) is 12.1 Å². The Bertz CT molecular complexity index is 719. The molecule has 3 heteroatoms. The predicted octanol–water partition coefficient (Wildman–Crippen LogP) is 4.71. The molecule has 2 nitrogen and oxygen atoms in total. The Morgan fingerprint density at radius 3 is 2.70 bits per heavy atom. The van der Waals surface area contributed by atoms with Gasteiger partial charge >= 0.3 is 0 Å². The van der Waals surface area contributed by atoms with Crippen LogP contribution in [0.15, 0.2) is 30.5 Å². The van der Waals surface area contributed by atoms with Gasteiger partial charge in [0.15, 0.2) is 0 Å². The van der Waals surface area contributed by atoms with Crippen LogP contribution in [0.2, 0.25) is 0 Å². The topological polar surface area (TPSA) is 22.1 Å². The summed E-state index contributed by atoms with van der Waals surface area (Å²) in [7, 11) is 1.72. The Morgan fingerprint density at radius 2 is 1.95 bits per heavy atom. The molecule has 1 aromatic carbocycles. The number of benzene rings is 1. The van der Waals surface area contributed by atoms with E-state index in [-0.39, 0.29) is 0 Å². The zero-order chi connectivity index (χ0) is 14.3. The van der Waals surface area contributed by atoms with Crippen LogP contribution in [0, 0.1) is 13.8 Å². The first-order valence-corrected chi connectivity index (χ1v) is 7.68. The number of aryl methyl sites for hydroxylation is 1. The van der Waals surface area contributed by atoms with Crippen LogP contribution in [0.5, 0.6) is 5.75 Å². The molecule has 0 atom stereocenters. The molecule has 0 radical (unpaired) electrons. The number of aromatic nitrogens is 1. The number of pyridine rings is 1. The highest BCUT2D eigenvalue weighted by Crippen LogP contribution is 2.35. The van der Waals surface area contributed by atoms with E-state index in [2.05, 4.69) is 65.7 Å². The zero-order valence-corrected chi connectivity index (χ0v) is 14.0. The zero-order valence-electron chi connectivity index (χ0n) is 11.8. The summed E-state index contributed by atoms with van der Waals surface area (Å²) in [5.74, 6) is 0.936. The van der Waals surface area contributed by atoms with E-state index in [0.717, 1.165) is 23.3 Å². The Balaban J connectivity index is 2.12. The van der Waals surface area contributed by atoms with E-state index < -0.39 is 0 Å². The Hall–Kier alpha value is -1.36. The third kappa shape index (κ3) is 2.24. The summed E-state index contributed by atoms with van der Waals surface area (Å²) in [6.45, 7) is 4.20. The maximum absolute atomic E-state index is 5.47. The molecule has 3 rings (SSSR count). The molecule has 0 unspecified atom stereocenters. The average molecular weight is 377 g/mol. The SMILES string of the molecule is COc1cc(-c2cnc3c(c2)C(I)=CC3)cc(C)c1C. The number of methoxy groups -OCH3 is 1. The fraction of sp³-hybridized carbons (Fsp3) is 0.235. The molecule has 1 aromatic heterocycles. The lowest BCUT2D eigenvalue weighted by atomic mass is 9.99. The van der Waals surface area contributed by atoms with Crippen LogP contribution in [-0.4, -0.2) is 12.1 Å². The van der Waals surface area contributed by atoms with Gasteiger partial charge in [0.1, 0.15) is 5.75 Å². The van der Waals surface area contributed by atoms with Crippen molar-refractivity contribution in [2.45, 2.75) is 20.3 Å². The Morgan fingerprint density at radius 1 is 1.15 bits per heavy atom. The first kappa shape index (κ1) is 13.6. The highest BCUT2D eigenvalue weighted by Gasteiger charge is 2.15. The molecule has 20 heavy (non-hydrogen) atoms. The minimum absolute atomic E-state index is 0.936. The van der Waals surface area contributed by atoms with Gasteiger partial charge in [0.25, 0.3) is 0 Å². The quantitative estimate of drug-likeness (QED) is 0.708. The standard InChI is InChI=1S/C17H16INO/c1-10-6-12(8-17(20-3)11(10)2)13-7-14-15(18)4-5-16(14)19-9-13/h4,6-9H,5H2,1-3H3. The number of fused-ring (bicyclic) bond motifs is 1. The van der Waals surface area contributed by atoms with Crippen molar-refractivity contribution in [2.75, 3.05) is 7.11 Å². The van der Waals surface area contributed by atoms with Gasteiger partial charge in [-0.15, -0.1) is 0 Å². The van der Waals surface area contributed by atoms with Crippen molar-refractivity contribution < 1.29 is 4.74 Å². The van der Waals surface area contributed by atoms with Gasteiger partial charge in [0, 0.05) is 27.3 Å². The van der Waals surface area contributed by atoms with E-state index in [4.69, 9.17) is 4.74 Å². The van der Waals surface area contributed by atoms with Crippen LogP contribution in [0.4, 0.5) is 0 Å². The van der Waals surface area contributed by atoms with Crippen LogP contribution < -0.4 is 4.74 Å². The van der Waals surface area contributed by atoms with Crippen molar-refractivity contribution in [3.63, 3.8) is 0 Å². The highest BCUT2D eigenvalue weighted by atomic mass is 127. The van der Waals surface area contributed by atoms with Crippen molar-refractivity contribution in [3.8, 4) is 16.9 Å². The van der Waals surface area contributed by atoms with Crippen LogP contribution >= 0.6 is 22.6 Å². The molecule has 0 amide bonds. The second kappa shape index (κ2) is 5.20. The number of rotatable bonds is 2. The van der Waals surface area contributed by atoms with E-state index >= 15 is 0 Å². The van der Waals surface area contributed by atoms with Crippen LogP contribution in [0.3, 0.4) is 0 Å². The molecule has 0 N–H and O–H groups in total. The van der Waals surface area contributed by atoms with E-state index in [9.17, 15) is 0 Å². The molecular formula is C17H16INO.